The number of fused-ring (bicyclic) bond motifs is 1. The van der Waals surface area contributed by atoms with Gasteiger partial charge in [0.15, 0.2) is 10.2 Å². The molecule has 0 aliphatic heterocycles. The molecule has 4 unspecified atom stereocenters. The number of thiol groups is 2. The third-order valence-electron chi connectivity index (χ3n) is 7.35. The number of nitrogens with zero attached hydrogens (tertiary/aromatic N) is 1. The van der Waals surface area contributed by atoms with E-state index in [9.17, 15) is 9.59 Å². The van der Waals surface area contributed by atoms with Gasteiger partial charge in [-0.1, -0.05) is 91.2 Å². The first-order valence-electron chi connectivity index (χ1n) is 12.7. The lowest BCUT2D eigenvalue weighted by molar-refractivity contribution is -0.126. The molecular weight excluding hydrogens is 448 g/mol. The average Bonchev–Trinajstić information content (AvgIpc) is 3.24. The molecule has 4 nitrogen and oxygen atoms in total. The maximum Gasteiger partial charge on any atom is 0.200 e. The van der Waals surface area contributed by atoms with E-state index < -0.39 is 11.3 Å². The number of rotatable bonds is 16. The van der Waals surface area contributed by atoms with Crippen molar-refractivity contribution >= 4 is 46.5 Å². The number of benzene rings is 1. The fraction of sp³-hybridized carbons (Fsp3) is 0.667. The van der Waals surface area contributed by atoms with Crippen LogP contribution in [-0.2, 0) is 15.0 Å². The van der Waals surface area contributed by atoms with Gasteiger partial charge >= 0.3 is 0 Å². The third-order valence-corrected chi connectivity index (χ3v) is 8.06. The van der Waals surface area contributed by atoms with Gasteiger partial charge in [0.05, 0.1) is 11.0 Å². The summed E-state index contributed by atoms with van der Waals surface area (Å²) in [5.74, 6) is 0.665. The largest absolute Gasteiger partial charge is 0.341 e. The van der Waals surface area contributed by atoms with Crippen LogP contribution >= 0.6 is 25.3 Å². The van der Waals surface area contributed by atoms with E-state index in [4.69, 9.17) is 4.98 Å². The molecule has 0 saturated carbocycles. The summed E-state index contributed by atoms with van der Waals surface area (Å²) in [5, 5.41) is -0.521. The fourth-order valence-corrected chi connectivity index (χ4v) is 5.81. The van der Waals surface area contributed by atoms with Crippen molar-refractivity contribution in [2.45, 2.75) is 97.3 Å². The number of unbranched alkanes of at least 4 members (excludes halogenated alkanes) is 2. The van der Waals surface area contributed by atoms with Crippen LogP contribution in [-0.4, -0.2) is 20.2 Å². The first-order valence-corrected chi connectivity index (χ1v) is 13.6. The van der Waals surface area contributed by atoms with Crippen LogP contribution in [0.15, 0.2) is 24.3 Å². The molecule has 1 aromatic carbocycles. The zero-order valence-corrected chi connectivity index (χ0v) is 22.6. The van der Waals surface area contributed by atoms with Crippen molar-refractivity contribution in [2.24, 2.45) is 17.8 Å². The molecule has 0 spiro atoms. The van der Waals surface area contributed by atoms with Crippen molar-refractivity contribution in [1.82, 2.24) is 9.97 Å². The zero-order chi connectivity index (χ0) is 24.4. The number of aromatic amines is 1. The minimum absolute atomic E-state index is 0.238. The minimum atomic E-state index is -1.12. The SMILES string of the molecule is CCCCC(CC)CC(C(=O)S)C(CC(CC)CCCC)(C(=O)S)c1nc2ccccc2[nH]1. The quantitative estimate of drug-likeness (QED) is 0.213. The van der Waals surface area contributed by atoms with E-state index in [1.807, 2.05) is 24.3 Å². The molecule has 0 radical (unpaired) electrons. The Bertz CT molecular complexity index is 864. The lowest BCUT2D eigenvalue weighted by atomic mass is 9.66. The Morgan fingerprint density at radius 2 is 1.58 bits per heavy atom. The maximum atomic E-state index is 13.5. The van der Waals surface area contributed by atoms with Crippen molar-refractivity contribution in [3.8, 4) is 0 Å². The molecule has 0 saturated heterocycles. The third kappa shape index (κ3) is 6.88. The van der Waals surface area contributed by atoms with E-state index >= 15 is 0 Å². The first-order chi connectivity index (χ1) is 15.8. The van der Waals surface area contributed by atoms with Gasteiger partial charge in [0.1, 0.15) is 11.2 Å². The van der Waals surface area contributed by atoms with E-state index in [2.05, 4.69) is 57.9 Å². The maximum absolute atomic E-state index is 13.5. The van der Waals surface area contributed by atoms with Crippen molar-refractivity contribution in [1.29, 1.82) is 0 Å². The Balaban J connectivity index is 2.64. The number of para-hydroxylation sites is 2. The van der Waals surface area contributed by atoms with E-state index in [1.54, 1.807) is 0 Å². The van der Waals surface area contributed by atoms with Gasteiger partial charge in [0, 0.05) is 5.92 Å². The number of carbonyl (C=O) groups excluding carboxylic acids is 2. The molecule has 0 aliphatic carbocycles. The molecule has 0 aliphatic rings. The van der Waals surface area contributed by atoms with Crippen LogP contribution < -0.4 is 0 Å². The topological polar surface area (TPSA) is 62.8 Å². The molecule has 2 aromatic rings. The molecule has 0 amide bonds. The Hall–Kier alpha value is -1.27. The van der Waals surface area contributed by atoms with Gasteiger partial charge in [-0.3, -0.25) is 9.59 Å². The molecule has 1 N–H and O–H groups in total. The Labute approximate surface area is 210 Å². The number of carbonyl (C=O) groups is 2. The summed E-state index contributed by atoms with van der Waals surface area (Å²) in [6.07, 6.45) is 9.63. The number of hydrogen-bond donors (Lipinski definition) is 3. The van der Waals surface area contributed by atoms with Crippen LogP contribution in [0.4, 0.5) is 0 Å². The number of imidazole rings is 1. The second-order valence-corrected chi connectivity index (χ2v) is 10.4. The molecule has 4 atom stereocenters. The summed E-state index contributed by atoms with van der Waals surface area (Å²) in [5.41, 5.74) is 0.558. The molecule has 184 valence electrons. The molecule has 1 heterocycles. The lowest BCUT2D eigenvalue weighted by Gasteiger charge is -2.39. The predicted molar refractivity (Wildman–Crippen MR) is 145 cm³/mol. The van der Waals surface area contributed by atoms with Gasteiger partial charge in [-0.05, 0) is 36.8 Å². The van der Waals surface area contributed by atoms with Crippen molar-refractivity contribution in [3.05, 3.63) is 30.1 Å². The molecule has 33 heavy (non-hydrogen) atoms. The first kappa shape index (κ1) is 28.0. The zero-order valence-electron chi connectivity index (χ0n) is 20.8. The molecule has 1 aromatic heterocycles. The summed E-state index contributed by atoms with van der Waals surface area (Å²) < 4.78 is 0. The predicted octanol–water partition coefficient (Wildman–Crippen LogP) is 7.54. The number of H-pyrrole nitrogens is 1. The number of nitrogens with one attached hydrogen (secondary N) is 1. The van der Waals surface area contributed by atoms with Crippen molar-refractivity contribution in [3.63, 3.8) is 0 Å². The van der Waals surface area contributed by atoms with Gasteiger partial charge in [-0.25, -0.2) is 4.98 Å². The summed E-state index contributed by atoms with van der Waals surface area (Å²) in [6, 6.07) is 7.78. The summed E-state index contributed by atoms with van der Waals surface area (Å²) in [6.45, 7) is 8.70. The van der Waals surface area contributed by atoms with Gasteiger partial charge in [-0.15, -0.1) is 25.3 Å². The fourth-order valence-electron chi connectivity index (χ4n) is 5.13. The highest BCUT2D eigenvalue weighted by molar-refractivity contribution is 7.97. The van der Waals surface area contributed by atoms with Crippen LogP contribution in [0.2, 0.25) is 0 Å². The minimum Gasteiger partial charge on any atom is -0.341 e. The highest BCUT2D eigenvalue weighted by Crippen LogP contribution is 2.46. The van der Waals surface area contributed by atoms with Crippen LogP contribution in [0.5, 0.6) is 0 Å². The van der Waals surface area contributed by atoms with Crippen molar-refractivity contribution < 1.29 is 9.59 Å². The lowest BCUT2D eigenvalue weighted by Crippen LogP contribution is -2.47. The van der Waals surface area contributed by atoms with Crippen LogP contribution in [0.25, 0.3) is 11.0 Å². The summed E-state index contributed by atoms with van der Waals surface area (Å²) in [4.78, 5) is 34.9. The van der Waals surface area contributed by atoms with Gasteiger partial charge in [0.2, 0.25) is 0 Å². The highest BCUT2D eigenvalue weighted by Gasteiger charge is 2.51. The Morgan fingerprint density at radius 3 is 2.09 bits per heavy atom. The molecule has 0 fully saturated rings. The monoisotopic (exact) mass is 490 g/mol. The second kappa shape index (κ2) is 13.6. The number of aromatic nitrogens is 2. The van der Waals surface area contributed by atoms with Gasteiger partial charge < -0.3 is 4.98 Å². The van der Waals surface area contributed by atoms with Crippen LogP contribution in [0, 0.1) is 17.8 Å². The molecule has 6 heteroatoms. The average molecular weight is 491 g/mol. The Morgan fingerprint density at radius 1 is 0.970 bits per heavy atom. The molecule has 2 rings (SSSR count). The smallest absolute Gasteiger partial charge is 0.200 e. The normalized spacial score (nSPS) is 16.3. The molecule has 0 bridgehead atoms. The number of hydrogen-bond acceptors (Lipinski definition) is 3. The second-order valence-electron chi connectivity index (χ2n) is 9.54. The van der Waals surface area contributed by atoms with Crippen molar-refractivity contribution in [2.75, 3.05) is 0 Å². The van der Waals surface area contributed by atoms with E-state index in [0.29, 0.717) is 30.5 Å². The van der Waals surface area contributed by atoms with E-state index in [1.165, 1.54) is 0 Å². The Kier molecular flexibility index (Phi) is 11.5. The van der Waals surface area contributed by atoms with E-state index in [0.717, 1.165) is 62.4 Å². The van der Waals surface area contributed by atoms with Gasteiger partial charge in [-0.2, -0.15) is 0 Å². The highest BCUT2D eigenvalue weighted by atomic mass is 32.1. The van der Waals surface area contributed by atoms with E-state index in [-0.39, 0.29) is 10.2 Å². The summed E-state index contributed by atoms with van der Waals surface area (Å²) in [7, 11) is 0. The van der Waals surface area contributed by atoms with Crippen LogP contribution in [0.1, 0.15) is 97.7 Å². The molecular formula is C27H42N2O2S2. The van der Waals surface area contributed by atoms with Crippen LogP contribution in [0.3, 0.4) is 0 Å². The standard InChI is InChI=1S/C27H42N2O2S2/c1-5-9-13-19(7-3)17-21(24(30)32)27(26(31)33,18-20(8-4)14-10-6-2)25-28-22-15-11-12-16-23(22)29-25/h11-12,15-16,19-21H,5-10,13-14,17-18H2,1-4H3,(H,28,29)(H,30,32)(H,31,33). The van der Waals surface area contributed by atoms with Gasteiger partial charge in [0.25, 0.3) is 0 Å². The summed E-state index contributed by atoms with van der Waals surface area (Å²) >= 11 is 8.80.